The largest absolute Gasteiger partial charge is 0.484 e. The number of rotatable bonds is 7. The molecule has 0 radical (unpaired) electrons. The van der Waals surface area contributed by atoms with Crippen molar-refractivity contribution in [1.29, 1.82) is 0 Å². The molecule has 0 bridgehead atoms. The summed E-state index contributed by atoms with van der Waals surface area (Å²) in [6.07, 6.45) is 1.53. The molecule has 0 fully saturated rings. The molecule has 26 heavy (non-hydrogen) atoms. The summed E-state index contributed by atoms with van der Waals surface area (Å²) in [5.41, 5.74) is 0.436. The third kappa shape index (κ3) is 4.28. The number of amides is 1. The molecular weight excluding hydrogens is 358 g/mol. The smallest absolute Gasteiger partial charge is 0.305 e. The molecule has 0 spiro atoms. The molecule has 134 valence electrons. The summed E-state index contributed by atoms with van der Waals surface area (Å²) in [4.78, 5) is 35.2. The lowest BCUT2D eigenvalue weighted by molar-refractivity contribution is -0.137. The van der Waals surface area contributed by atoms with Gasteiger partial charge >= 0.3 is 5.97 Å². The normalized spacial score (nSPS) is 14.0. The maximum atomic E-state index is 12.3. The first-order chi connectivity index (χ1) is 12.5. The summed E-state index contributed by atoms with van der Waals surface area (Å²) in [6, 6.07) is 8.49. The second-order valence-corrected chi connectivity index (χ2v) is 6.37. The molecule has 2 N–H and O–H groups in total. The molecule has 2 aromatic rings. The highest BCUT2D eigenvalue weighted by molar-refractivity contribution is 7.10. The molecule has 3 rings (SSSR count). The van der Waals surface area contributed by atoms with Gasteiger partial charge in [0.05, 0.1) is 12.0 Å². The van der Waals surface area contributed by atoms with E-state index in [0.29, 0.717) is 17.1 Å². The Labute approximate surface area is 152 Å². The Balaban J connectivity index is 1.60. The first-order valence-corrected chi connectivity index (χ1v) is 8.64. The van der Waals surface area contributed by atoms with E-state index in [0.717, 1.165) is 4.88 Å². The minimum Gasteiger partial charge on any atom is -0.484 e. The maximum absolute atomic E-state index is 12.3. The highest BCUT2D eigenvalue weighted by Crippen LogP contribution is 2.35. The van der Waals surface area contributed by atoms with Crippen LogP contribution in [-0.4, -0.2) is 35.9 Å². The van der Waals surface area contributed by atoms with E-state index in [4.69, 9.17) is 14.6 Å². The van der Waals surface area contributed by atoms with Crippen LogP contribution >= 0.6 is 11.3 Å². The molecule has 8 heteroatoms. The fourth-order valence-electron chi connectivity index (χ4n) is 2.27. The number of benzene rings is 1. The van der Waals surface area contributed by atoms with Crippen LogP contribution in [-0.2, 0) is 9.59 Å². The van der Waals surface area contributed by atoms with E-state index in [9.17, 15) is 14.4 Å². The van der Waals surface area contributed by atoms with E-state index in [-0.39, 0.29) is 31.1 Å². The second-order valence-electron chi connectivity index (χ2n) is 5.40. The molecule has 0 unspecified atom stereocenters. The molecule has 0 saturated heterocycles. The number of carboxylic acids is 1. The predicted octanol–water partition coefficient (Wildman–Crippen LogP) is 2.33. The molecule has 0 atom stereocenters. The minimum atomic E-state index is -0.988. The van der Waals surface area contributed by atoms with Crippen LogP contribution in [0.25, 0.3) is 6.08 Å². The molecule has 1 aliphatic heterocycles. The summed E-state index contributed by atoms with van der Waals surface area (Å²) >= 11 is 1.50. The second kappa shape index (κ2) is 7.83. The van der Waals surface area contributed by atoms with Gasteiger partial charge < -0.3 is 19.9 Å². The number of hydrogen-bond donors (Lipinski definition) is 2. The van der Waals surface area contributed by atoms with Gasteiger partial charge in [-0.15, -0.1) is 11.3 Å². The monoisotopic (exact) mass is 373 g/mol. The lowest BCUT2D eigenvalue weighted by Gasteiger charge is -2.07. The molecule has 0 aliphatic carbocycles. The van der Waals surface area contributed by atoms with E-state index in [1.54, 1.807) is 24.3 Å². The highest BCUT2D eigenvalue weighted by Gasteiger charge is 2.27. The molecule has 1 aromatic carbocycles. The van der Waals surface area contributed by atoms with Gasteiger partial charge in [-0.25, -0.2) is 0 Å². The summed E-state index contributed by atoms with van der Waals surface area (Å²) in [5, 5.41) is 12.9. The van der Waals surface area contributed by atoms with Crippen LogP contribution in [0.4, 0.5) is 0 Å². The van der Waals surface area contributed by atoms with Crippen molar-refractivity contribution in [1.82, 2.24) is 5.32 Å². The van der Waals surface area contributed by atoms with Crippen LogP contribution in [0, 0.1) is 0 Å². The van der Waals surface area contributed by atoms with Crippen molar-refractivity contribution in [2.75, 3.05) is 13.2 Å². The van der Waals surface area contributed by atoms with Gasteiger partial charge in [0.1, 0.15) is 11.5 Å². The van der Waals surface area contributed by atoms with Crippen molar-refractivity contribution in [3.63, 3.8) is 0 Å². The first kappa shape index (κ1) is 17.7. The number of carboxylic acid groups (broad SMARTS) is 1. The maximum Gasteiger partial charge on any atom is 0.305 e. The number of nitrogens with one attached hydrogen (secondary N) is 1. The van der Waals surface area contributed by atoms with Gasteiger partial charge in [-0.05, 0) is 23.6 Å². The number of ketones is 1. The molecule has 7 nitrogen and oxygen atoms in total. The lowest BCUT2D eigenvalue weighted by Crippen LogP contribution is -2.30. The van der Waals surface area contributed by atoms with Crippen LogP contribution in [0.1, 0.15) is 21.7 Å². The predicted molar refractivity (Wildman–Crippen MR) is 94.5 cm³/mol. The van der Waals surface area contributed by atoms with E-state index in [1.807, 2.05) is 17.5 Å². The van der Waals surface area contributed by atoms with E-state index < -0.39 is 11.9 Å². The third-order valence-corrected chi connectivity index (χ3v) is 4.31. The van der Waals surface area contributed by atoms with Crippen LogP contribution < -0.4 is 14.8 Å². The molecule has 1 aromatic heterocycles. The van der Waals surface area contributed by atoms with Gasteiger partial charge in [-0.3, -0.25) is 14.4 Å². The fraction of sp³-hybridized carbons (Fsp3) is 0.167. The number of hydrogen-bond acceptors (Lipinski definition) is 6. The van der Waals surface area contributed by atoms with Crippen molar-refractivity contribution in [3.05, 3.63) is 51.9 Å². The zero-order valence-electron chi connectivity index (χ0n) is 13.6. The van der Waals surface area contributed by atoms with Crippen LogP contribution in [0.2, 0.25) is 0 Å². The topological polar surface area (TPSA) is 102 Å². The van der Waals surface area contributed by atoms with E-state index in [1.165, 1.54) is 11.3 Å². The van der Waals surface area contributed by atoms with Crippen LogP contribution in [0.3, 0.4) is 0 Å². The molecular formula is C18H15NO6S. The zero-order valence-corrected chi connectivity index (χ0v) is 14.4. The lowest BCUT2D eigenvalue weighted by atomic mass is 10.1. The van der Waals surface area contributed by atoms with Crippen molar-refractivity contribution in [2.45, 2.75) is 6.42 Å². The number of carbonyl (C=O) groups excluding carboxylic acids is 2. The SMILES string of the molecule is O=C(O)CCNC(=O)COc1ccc2c(c1)O/C(=C\c1cccs1)C2=O. The Bertz CT molecular complexity index is 872. The third-order valence-electron chi connectivity index (χ3n) is 3.49. The summed E-state index contributed by atoms with van der Waals surface area (Å²) in [7, 11) is 0. The number of fused-ring (bicyclic) bond motifs is 1. The molecule has 1 aliphatic rings. The average molecular weight is 373 g/mol. The Morgan fingerprint density at radius 1 is 1.31 bits per heavy atom. The fourth-order valence-corrected chi connectivity index (χ4v) is 2.91. The number of carbonyl (C=O) groups is 3. The Kier molecular flexibility index (Phi) is 5.33. The van der Waals surface area contributed by atoms with Gasteiger partial charge in [0.15, 0.2) is 12.4 Å². The Morgan fingerprint density at radius 3 is 2.88 bits per heavy atom. The van der Waals surface area contributed by atoms with Crippen LogP contribution in [0.5, 0.6) is 11.5 Å². The van der Waals surface area contributed by atoms with Gasteiger partial charge in [-0.2, -0.15) is 0 Å². The van der Waals surface area contributed by atoms with Gasteiger partial charge in [0.25, 0.3) is 5.91 Å². The van der Waals surface area contributed by atoms with E-state index in [2.05, 4.69) is 5.32 Å². The zero-order chi connectivity index (χ0) is 18.5. The quantitative estimate of drug-likeness (QED) is 0.723. The number of thiophene rings is 1. The number of aliphatic carboxylic acids is 1. The first-order valence-electron chi connectivity index (χ1n) is 7.76. The number of Topliss-reactive ketones (excluding diaryl/α,β-unsaturated/α-hetero) is 1. The van der Waals surface area contributed by atoms with Crippen LogP contribution in [0.15, 0.2) is 41.5 Å². The van der Waals surface area contributed by atoms with Gasteiger partial charge in [0, 0.05) is 23.6 Å². The summed E-state index contributed by atoms with van der Waals surface area (Å²) in [5.74, 6) is -0.624. The van der Waals surface area contributed by atoms with Crippen molar-refractivity contribution < 1.29 is 29.0 Å². The number of allylic oxidation sites excluding steroid dienone is 1. The van der Waals surface area contributed by atoms with Crippen molar-refractivity contribution in [2.24, 2.45) is 0 Å². The van der Waals surface area contributed by atoms with Gasteiger partial charge in [0.2, 0.25) is 5.78 Å². The molecule has 1 amide bonds. The molecule has 0 saturated carbocycles. The minimum absolute atomic E-state index is 0.0379. The van der Waals surface area contributed by atoms with Crippen molar-refractivity contribution >= 4 is 35.1 Å². The van der Waals surface area contributed by atoms with E-state index >= 15 is 0 Å². The molecule has 2 heterocycles. The summed E-state index contributed by atoms with van der Waals surface area (Å²) < 4.78 is 11.0. The Hall–Kier alpha value is -3.13. The average Bonchev–Trinajstić information content (AvgIpc) is 3.21. The highest BCUT2D eigenvalue weighted by atomic mass is 32.1. The van der Waals surface area contributed by atoms with Gasteiger partial charge in [-0.1, -0.05) is 6.07 Å². The summed E-state index contributed by atoms with van der Waals surface area (Å²) in [6.45, 7) is -0.222. The van der Waals surface area contributed by atoms with Crippen molar-refractivity contribution in [3.8, 4) is 11.5 Å². The number of ether oxygens (including phenoxy) is 2. The standard InChI is InChI=1S/C18H15NO6S/c20-16(19-6-5-17(21)22)10-24-11-3-4-13-14(8-11)25-15(18(13)23)9-12-2-1-7-26-12/h1-4,7-9H,5-6,10H2,(H,19,20)(H,21,22)/b15-9-. The Morgan fingerprint density at radius 2 is 2.15 bits per heavy atom.